The Morgan fingerprint density at radius 3 is 2.58 bits per heavy atom. The lowest BCUT2D eigenvalue weighted by Crippen LogP contribution is -2.41. The van der Waals surface area contributed by atoms with Gasteiger partial charge in [-0.25, -0.2) is 0 Å². The minimum atomic E-state index is -0.732. The second kappa shape index (κ2) is 12.3. The van der Waals surface area contributed by atoms with E-state index in [2.05, 4.69) is 5.32 Å². The molecule has 2 unspecified atom stereocenters. The highest BCUT2D eigenvalue weighted by atomic mass is 35.5. The summed E-state index contributed by atoms with van der Waals surface area (Å²) in [4.78, 5) is 27.9. The number of hydrogen-bond acceptors (Lipinski definition) is 6. The fourth-order valence-electron chi connectivity index (χ4n) is 3.66. The molecule has 176 valence electrons. The van der Waals surface area contributed by atoms with Gasteiger partial charge in [0.15, 0.2) is 0 Å². The van der Waals surface area contributed by atoms with Gasteiger partial charge in [-0.15, -0.1) is 0 Å². The number of amides is 2. The van der Waals surface area contributed by atoms with Gasteiger partial charge in [0.25, 0.3) is 0 Å². The summed E-state index contributed by atoms with van der Waals surface area (Å²) in [5, 5.41) is 3.61. The Kier molecular flexibility index (Phi) is 9.41. The van der Waals surface area contributed by atoms with Crippen molar-refractivity contribution in [2.45, 2.75) is 25.9 Å². The maximum atomic E-state index is 13.3. The van der Waals surface area contributed by atoms with E-state index >= 15 is 0 Å². The average molecular weight is 507 g/mol. The summed E-state index contributed by atoms with van der Waals surface area (Å²) in [6.45, 7) is 3.23. The molecule has 1 saturated heterocycles. The molecule has 2 aromatic carbocycles. The van der Waals surface area contributed by atoms with E-state index in [0.717, 1.165) is 11.1 Å². The maximum Gasteiger partial charge on any atom is 0.247 e. The van der Waals surface area contributed by atoms with E-state index in [1.165, 1.54) is 11.8 Å². The van der Waals surface area contributed by atoms with Gasteiger partial charge in [0, 0.05) is 30.3 Å². The lowest BCUT2D eigenvalue weighted by molar-refractivity contribution is -0.137. The number of carbonyl (C=O) groups excluding carboxylic acids is 2. The lowest BCUT2D eigenvalue weighted by atomic mass is 10.0. The third-order valence-corrected chi connectivity index (χ3v) is 7.02. The first kappa shape index (κ1) is 25.3. The van der Waals surface area contributed by atoms with Gasteiger partial charge in [-0.1, -0.05) is 47.6 Å². The van der Waals surface area contributed by atoms with E-state index in [9.17, 15) is 9.59 Å². The smallest absolute Gasteiger partial charge is 0.247 e. The highest BCUT2D eigenvalue weighted by molar-refractivity contribution is 8.22. The zero-order valence-corrected chi connectivity index (χ0v) is 21.0. The summed E-state index contributed by atoms with van der Waals surface area (Å²) in [6.07, 6.45) is 0.374. The van der Waals surface area contributed by atoms with Crippen LogP contribution in [0.5, 0.6) is 5.75 Å². The summed E-state index contributed by atoms with van der Waals surface area (Å²) in [6, 6.07) is 13.8. The first-order valence-electron chi connectivity index (χ1n) is 10.7. The van der Waals surface area contributed by atoms with Crippen LogP contribution in [0.1, 0.15) is 30.5 Å². The van der Waals surface area contributed by atoms with Crippen LogP contribution in [0.3, 0.4) is 0 Å². The molecule has 0 aromatic heterocycles. The molecule has 0 bridgehead atoms. The molecule has 0 radical (unpaired) electrons. The Morgan fingerprint density at radius 2 is 1.94 bits per heavy atom. The van der Waals surface area contributed by atoms with Gasteiger partial charge in [0.2, 0.25) is 16.2 Å². The number of carbonyl (C=O) groups is 2. The maximum absolute atomic E-state index is 13.3. The van der Waals surface area contributed by atoms with Gasteiger partial charge >= 0.3 is 0 Å². The quantitative estimate of drug-likeness (QED) is 0.501. The highest BCUT2D eigenvalue weighted by Crippen LogP contribution is 2.32. The molecule has 0 aliphatic carbocycles. The van der Waals surface area contributed by atoms with Crippen molar-refractivity contribution in [2.75, 3.05) is 26.0 Å². The number of nitrogens with zero attached hydrogens (tertiary/aromatic N) is 1. The van der Waals surface area contributed by atoms with Crippen LogP contribution >= 0.6 is 35.6 Å². The Hall–Kier alpha value is -2.29. The molecule has 6 nitrogen and oxygen atoms in total. The van der Waals surface area contributed by atoms with Crippen LogP contribution in [0.4, 0.5) is 0 Å². The van der Waals surface area contributed by atoms with Crippen LogP contribution in [0.2, 0.25) is 5.02 Å². The third kappa shape index (κ3) is 7.09. The highest BCUT2D eigenvalue weighted by Gasteiger charge is 2.38. The molecule has 3 rings (SSSR count). The second-order valence-corrected chi connectivity index (χ2v) is 9.69. The summed E-state index contributed by atoms with van der Waals surface area (Å²) in [5.41, 5.74) is 1.66. The Labute approximate surface area is 209 Å². The number of nitrogens with one attached hydrogen (secondary N) is 1. The largest absolute Gasteiger partial charge is 0.497 e. The van der Waals surface area contributed by atoms with Crippen molar-refractivity contribution in [1.82, 2.24) is 10.2 Å². The van der Waals surface area contributed by atoms with Gasteiger partial charge in [0.1, 0.15) is 11.8 Å². The Bertz CT molecular complexity index is 969. The molecule has 1 N–H and O–H groups in total. The summed E-state index contributed by atoms with van der Waals surface area (Å²) in [5.74, 6) is 1.16. The number of benzene rings is 2. The van der Waals surface area contributed by atoms with Crippen molar-refractivity contribution in [1.29, 1.82) is 0 Å². The van der Waals surface area contributed by atoms with E-state index in [1.54, 1.807) is 36.3 Å². The van der Waals surface area contributed by atoms with E-state index < -0.39 is 6.04 Å². The normalized spacial score (nSPS) is 16.4. The second-order valence-electron chi connectivity index (χ2n) is 7.63. The van der Waals surface area contributed by atoms with E-state index in [4.69, 9.17) is 33.3 Å². The van der Waals surface area contributed by atoms with Crippen molar-refractivity contribution in [3.63, 3.8) is 0 Å². The molecule has 1 heterocycles. The van der Waals surface area contributed by atoms with Crippen LogP contribution in [-0.4, -0.2) is 47.1 Å². The fourth-order valence-corrected chi connectivity index (χ4v) is 4.91. The monoisotopic (exact) mass is 506 g/mol. The molecule has 0 saturated carbocycles. The van der Waals surface area contributed by atoms with Crippen LogP contribution in [0, 0.1) is 5.92 Å². The molecule has 33 heavy (non-hydrogen) atoms. The Morgan fingerprint density at radius 1 is 1.24 bits per heavy atom. The molecule has 0 spiro atoms. The zero-order valence-electron chi connectivity index (χ0n) is 18.6. The van der Waals surface area contributed by atoms with Gasteiger partial charge in [-0.05, 0) is 60.5 Å². The molecule has 1 fully saturated rings. The number of halogens is 1. The van der Waals surface area contributed by atoms with E-state index in [-0.39, 0.29) is 17.7 Å². The van der Waals surface area contributed by atoms with Crippen LogP contribution in [-0.2, 0) is 20.9 Å². The van der Waals surface area contributed by atoms with Crippen LogP contribution in [0.25, 0.3) is 0 Å². The number of methoxy groups -OCH3 is 1. The first-order chi connectivity index (χ1) is 15.9. The predicted molar refractivity (Wildman–Crippen MR) is 136 cm³/mol. The standard InChI is InChI=1S/C24H27ClN2O4S2/c1-3-31-24(32)33-15-17-12-21(28)27(14-17)22(18-6-10-20(30-2)11-7-18)23(29)26-13-16-4-8-19(25)9-5-16/h4-11,17,22H,3,12-15H2,1-2H3,(H,26,29). The zero-order chi connectivity index (χ0) is 23.8. The minimum Gasteiger partial charge on any atom is -0.497 e. The molecule has 2 aromatic rings. The summed E-state index contributed by atoms with van der Waals surface area (Å²) < 4.78 is 11.1. The molecule has 1 aliphatic rings. The number of thiocarbonyl (C=S) groups is 1. The average Bonchev–Trinajstić information content (AvgIpc) is 3.18. The van der Waals surface area contributed by atoms with Crippen LogP contribution < -0.4 is 10.1 Å². The lowest BCUT2D eigenvalue weighted by Gasteiger charge is -2.28. The minimum absolute atomic E-state index is 0.0506. The van der Waals surface area contributed by atoms with Gasteiger partial charge in [-0.3, -0.25) is 9.59 Å². The first-order valence-corrected chi connectivity index (χ1v) is 12.4. The number of thioether (sulfide) groups is 1. The van der Waals surface area contributed by atoms with Crippen molar-refractivity contribution < 1.29 is 19.1 Å². The molecular weight excluding hydrogens is 480 g/mol. The molecular formula is C24H27ClN2O4S2. The van der Waals surface area contributed by atoms with E-state index in [0.29, 0.717) is 47.0 Å². The van der Waals surface area contributed by atoms with Crippen molar-refractivity contribution in [2.24, 2.45) is 5.92 Å². The number of likely N-dealkylation sites (tertiary alicyclic amines) is 1. The fraction of sp³-hybridized carbons (Fsp3) is 0.375. The van der Waals surface area contributed by atoms with E-state index in [1.807, 2.05) is 31.2 Å². The van der Waals surface area contributed by atoms with Crippen molar-refractivity contribution in [3.8, 4) is 5.75 Å². The van der Waals surface area contributed by atoms with Crippen LogP contribution in [0.15, 0.2) is 48.5 Å². The molecule has 1 aliphatic heterocycles. The SMILES string of the molecule is CCOC(=S)SCC1CC(=O)N(C(C(=O)NCc2ccc(Cl)cc2)c2ccc(OC)cc2)C1. The van der Waals surface area contributed by atoms with Gasteiger partial charge in [0.05, 0.1) is 13.7 Å². The molecule has 9 heteroatoms. The van der Waals surface area contributed by atoms with Gasteiger partial charge in [-0.2, -0.15) is 0 Å². The molecule has 2 atom stereocenters. The number of ether oxygens (including phenoxy) is 2. The number of rotatable bonds is 9. The van der Waals surface area contributed by atoms with Crippen molar-refractivity contribution >= 4 is 51.8 Å². The summed E-state index contributed by atoms with van der Waals surface area (Å²) >= 11 is 12.6. The number of hydrogen-bond donors (Lipinski definition) is 1. The predicted octanol–water partition coefficient (Wildman–Crippen LogP) is 4.61. The van der Waals surface area contributed by atoms with Gasteiger partial charge < -0.3 is 19.7 Å². The topological polar surface area (TPSA) is 67.9 Å². The summed E-state index contributed by atoms with van der Waals surface area (Å²) in [7, 11) is 1.59. The van der Waals surface area contributed by atoms with Crippen molar-refractivity contribution in [3.05, 3.63) is 64.7 Å². The third-order valence-electron chi connectivity index (χ3n) is 5.31. The Balaban J connectivity index is 1.74. The molecule has 2 amide bonds.